The molecule has 34 heavy (non-hydrogen) atoms. The highest BCUT2D eigenvalue weighted by Crippen LogP contribution is 2.18. The number of anilines is 2. The molecule has 0 aromatic heterocycles. The van der Waals surface area contributed by atoms with Gasteiger partial charge in [-0.15, -0.1) is 0 Å². The summed E-state index contributed by atoms with van der Waals surface area (Å²) in [6.45, 7) is 3.43. The molecule has 0 radical (unpaired) electrons. The van der Waals surface area contributed by atoms with Gasteiger partial charge in [-0.05, 0) is 42.3 Å². The number of amides is 2. The Morgan fingerprint density at radius 2 is 1.62 bits per heavy atom. The van der Waals surface area contributed by atoms with Crippen molar-refractivity contribution in [2.75, 3.05) is 23.8 Å². The summed E-state index contributed by atoms with van der Waals surface area (Å²) >= 11 is 0. The number of hydrogen-bond acceptors (Lipinski definition) is 4. The maximum absolute atomic E-state index is 12.5. The van der Waals surface area contributed by atoms with Gasteiger partial charge in [0.2, 0.25) is 5.91 Å². The first kappa shape index (κ1) is 24.8. The summed E-state index contributed by atoms with van der Waals surface area (Å²) in [6.07, 6.45) is 4.64. The zero-order valence-corrected chi connectivity index (χ0v) is 19.7. The van der Waals surface area contributed by atoms with Crippen LogP contribution in [0, 0.1) is 0 Å². The Kier molecular flexibility index (Phi) is 9.99. The number of benzene rings is 3. The van der Waals surface area contributed by atoms with Gasteiger partial charge < -0.3 is 20.7 Å². The molecule has 3 N–H and O–H groups in total. The van der Waals surface area contributed by atoms with Crippen molar-refractivity contribution >= 4 is 23.2 Å². The van der Waals surface area contributed by atoms with E-state index < -0.39 is 0 Å². The first-order valence-electron chi connectivity index (χ1n) is 11.8. The average Bonchev–Trinajstić information content (AvgIpc) is 2.87. The van der Waals surface area contributed by atoms with Gasteiger partial charge in [-0.3, -0.25) is 9.59 Å². The van der Waals surface area contributed by atoms with Crippen molar-refractivity contribution < 1.29 is 14.3 Å². The van der Waals surface area contributed by atoms with Gasteiger partial charge in [0.25, 0.3) is 5.91 Å². The molecule has 6 nitrogen and oxygen atoms in total. The Bertz CT molecular complexity index is 1050. The molecule has 0 aliphatic heterocycles. The standard InChI is InChI=1S/C28H33N3O3/c1-2-3-4-8-17-34-26-16-10-14-24(19-26)29-21-27(32)31-25-15-9-13-23(18-25)28(33)30-20-22-11-6-5-7-12-22/h5-7,9-16,18-19,29H,2-4,8,17,20-21H2,1H3,(H,30,33)(H,31,32). The second-order valence-corrected chi connectivity index (χ2v) is 8.09. The molecule has 0 saturated heterocycles. The van der Waals surface area contributed by atoms with E-state index in [2.05, 4.69) is 22.9 Å². The van der Waals surface area contributed by atoms with E-state index in [9.17, 15) is 9.59 Å². The van der Waals surface area contributed by atoms with Crippen LogP contribution >= 0.6 is 0 Å². The van der Waals surface area contributed by atoms with Gasteiger partial charge in [-0.1, -0.05) is 68.7 Å². The van der Waals surface area contributed by atoms with E-state index in [1.165, 1.54) is 19.3 Å². The minimum atomic E-state index is -0.201. The van der Waals surface area contributed by atoms with Gasteiger partial charge in [0.05, 0.1) is 13.2 Å². The predicted molar refractivity (Wildman–Crippen MR) is 137 cm³/mol. The van der Waals surface area contributed by atoms with E-state index in [0.717, 1.165) is 23.4 Å². The molecular formula is C28H33N3O3. The van der Waals surface area contributed by atoms with Crippen LogP contribution in [0.3, 0.4) is 0 Å². The summed E-state index contributed by atoms with van der Waals surface area (Å²) in [6, 6.07) is 24.2. The fourth-order valence-electron chi connectivity index (χ4n) is 3.42. The van der Waals surface area contributed by atoms with Crippen molar-refractivity contribution in [3.63, 3.8) is 0 Å². The van der Waals surface area contributed by atoms with Crippen LogP contribution in [-0.2, 0) is 11.3 Å². The summed E-state index contributed by atoms with van der Waals surface area (Å²) in [5.74, 6) is 0.397. The van der Waals surface area contributed by atoms with E-state index >= 15 is 0 Å². The summed E-state index contributed by atoms with van der Waals surface area (Å²) < 4.78 is 5.80. The maximum Gasteiger partial charge on any atom is 0.251 e. The third-order valence-corrected chi connectivity index (χ3v) is 5.26. The SMILES string of the molecule is CCCCCCOc1cccc(NCC(=O)Nc2cccc(C(=O)NCc3ccccc3)c2)c1. The maximum atomic E-state index is 12.5. The highest BCUT2D eigenvalue weighted by molar-refractivity contribution is 5.98. The lowest BCUT2D eigenvalue weighted by atomic mass is 10.1. The molecule has 6 heteroatoms. The molecule has 2 amide bonds. The van der Waals surface area contributed by atoms with E-state index in [-0.39, 0.29) is 18.4 Å². The van der Waals surface area contributed by atoms with Gasteiger partial charge in [0, 0.05) is 29.5 Å². The van der Waals surface area contributed by atoms with Crippen molar-refractivity contribution in [2.24, 2.45) is 0 Å². The minimum absolute atomic E-state index is 0.102. The lowest BCUT2D eigenvalue weighted by molar-refractivity contribution is -0.114. The summed E-state index contributed by atoms with van der Waals surface area (Å²) in [7, 11) is 0. The normalized spacial score (nSPS) is 10.4. The van der Waals surface area contributed by atoms with Crippen LogP contribution < -0.4 is 20.7 Å². The Balaban J connectivity index is 1.45. The molecule has 0 bridgehead atoms. The van der Waals surface area contributed by atoms with Gasteiger partial charge in [-0.2, -0.15) is 0 Å². The summed E-state index contributed by atoms with van der Waals surface area (Å²) in [4.78, 5) is 24.9. The molecule has 0 aliphatic rings. The van der Waals surface area contributed by atoms with Crippen molar-refractivity contribution in [1.82, 2.24) is 5.32 Å². The number of unbranched alkanes of at least 4 members (excludes halogenated alkanes) is 3. The van der Waals surface area contributed by atoms with Crippen molar-refractivity contribution in [3.05, 3.63) is 90.0 Å². The van der Waals surface area contributed by atoms with Crippen LogP contribution in [0.5, 0.6) is 5.75 Å². The smallest absolute Gasteiger partial charge is 0.251 e. The van der Waals surface area contributed by atoms with Crippen LogP contribution in [0.15, 0.2) is 78.9 Å². The molecule has 0 atom stereocenters. The number of ether oxygens (including phenoxy) is 1. The average molecular weight is 460 g/mol. The third kappa shape index (κ3) is 8.62. The van der Waals surface area contributed by atoms with Crippen molar-refractivity contribution in [1.29, 1.82) is 0 Å². The van der Waals surface area contributed by atoms with Crippen LogP contribution in [0.25, 0.3) is 0 Å². The molecule has 0 aliphatic carbocycles. The molecule has 0 unspecified atom stereocenters. The molecular weight excluding hydrogens is 426 g/mol. The summed E-state index contributed by atoms with van der Waals surface area (Å²) in [5, 5.41) is 8.85. The van der Waals surface area contributed by atoms with Crippen LogP contribution in [0.2, 0.25) is 0 Å². The Labute approximate surface area is 201 Å². The predicted octanol–water partition coefficient (Wildman–Crippen LogP) is 5.63. The molecule has 3 aromatic carbocycles. The first-order valence-corrected chi connectivity index (χ1v) is 11.8. The van der Waals surface area contributed by atoms with E-state index in [1.807, 2.05) is 54.6 Å². The van der Waals surface area contributed by atoms with Crippen molar-refractivity contribution in [2.45, 2.75) is 39.2 Å². The number of rotatable bonds is 13. The van der Waals surface area contributed by atoms with E-state index in [4.69, 9.17) is 4.74 Å². The summed E-state index contributed by atoms with van der Waals surface area (Å²) in [5.41, 5.74) is 2.90. The molecule has 178 valence electrons. The molecule has 0 heterocycles. The van der Waals surface area contributed by atoms with Gasteiger partial charge in [0.1, 0.15) is 5.75 Å². The number of carbonyl (C=O) groups is 2. The van der Waals surface area contributed by atoms with Gasteiger partial charge >= 0.3 is 0 Å². The third-order valence-electron chi connectivity index (χ3n) is 5.26. The highest BCUT2D eigenvalue weighted by atomic mass is 16.5. The Morgan fingerprint density at radius 1 is 0.824 bits per heavy atom. The zero-order chi connectivity index (χ0) is 24.0. The molecule has 3 aromatic rings. The largest absolute Gasteiger partial charge is 0.494 e. The molecule has 0 fully saturated rings. The fraction of sp³-hybridized carbons (Fsp3) is 0.286. The lowest BCUT2D eigenvalue weighted by Gasteiger charge is -2.11. The first-order chi connectivity index (χ1) is 16.6. The minimum Gasteiger partial charge on any atom is -0.494 e. The van der Waals surface area contributed by atoms with Gasteiger partial charge in [-0.25, -0.2) is 0 Å². The van der Waals surface area contributed by atoms with Crippen LogP contribution in [0.4, 0.5) is 11.4 Å². The van der Waals surface area contributed by atoms with Gasteiger partial charge in [0.15, 0.2) is 0 Å². The van der Waals surface area contributed by atoms with E-state index in [1.54, 1.807) is 24.3 Å². The number of carbonyl (C=O) groups excluding carboxylic acids is 2. The Hall–Kier alpha value is -3.80. The monoisotopic (exact) mass is 459 g/mol. The number of hydrogen-bond donors (Lipinski definition) is 3. The molecule has 3 rings (SSSR count). The second kappa shape index (κ2) is 13.7. The second-order valence-electron chi connectivity index (χ2n) is 8.09. The van der Waals surface area contributed by atoms with Crippen molar-refractivity contribution in [3.8, 4) is 5.75 Å². The van der Waals surface area contributed by atoms with E-state index in [0.29, 0.717) is 24.4 Å². The molecule has 0 saturated carbocycles. The topological polar surface area (TPSA) is 79.5 Å². The number of nitrogens with one attached hydrogen (secondary N) is 3. The quantitative estimate of drug-likeness (QED) is 0.290. The lowest BCUT2D eigenvalue weighted by Crippen LogP contribution is -2.24. The zero-order valence-electron chi connectivity index (χ0n) is 19.7. The van der Waals surface area contributed by atoms with Crippen LogP contribution in [0.1, 0.15) is 48.5 Å². The fourth-order valence-corrected chi connectivity index (χ4v) is 3.42. The molecule has 0 spiro atoms. The van der Waals surface area contributed by atoms with Crippen LogP contribution in [-0.4, -0.2) is 25.0 Å². The highest BCUT2D eigenvalue weighted by Gasteiger charge is 2.08. The Morgan fingerprint density at radius 3 is 2.44 bits per heavy atom.